The largest absolute Gasteiger partial charge is 0.391 e. The maximum atomic E-state index is 12.1. The molecule has 1 N–H and O–H groups in total. The Labute approximate surface area is 95.7 Å². The summed E-state index contributed by atoms with van der Waals surface area (Å²) in [5.41, 5.74) is 2.96. The molecular formula is C13H19NO2. The third kappa shape index (κ3) is 1.80. The van der Waals surface area contributed by atoms with Crippen molar-refractivity contribution >= 4 is 0 Å². The summed E-state index contributed by atoms with van der Waals surface area (Å²) < 4.78 is 1.86. The Morgan fingerprint density at radius 3 is 2.69 bits per heavy atom. The van der Waals surface area contributed by atoms with Crippen molar-refractivity contribution in [2.24, 2.45) is 0 Å². The van der Waals surface area contributed by atoms with Crippen molar-refractivity contribution in [3.63, 3.8) is 0 Å². The lowest BCUT2D eigenvalue weighted by Gasteiger charge is -2.24. The number of aliphatic hydroxyl groups is 1. The lowest BCUT2D eigenvalue weighted by atomic mass is 9.94. The van der Waals surface area contributed by atoms with Gasteiger partial charge in [-0.25, -0.2) is 0 Å². The summed E-state index contributed by atoms with van der Waals surface area (Å²) in [5, 5.41) is 9.21. The van der Waals surface area contributed by atoms with Gasteiger partial charge in [0.15, 0.2) is 0 Å². The van der Waals surface area contributed by atoms with Gasteiger partial charge in [-0.1, -0.05) is 0 Å². The predicted molar refractivity (Wildman–Crippen MR) is 63.7 cm³/mol. The molecule has 0 radical (unpaired) electrons. The number of hydrogen-bond donors (Lipinski definition) is 1. The molecule has 0 saturated carbocycles. The second-order valence-corrected chi connectivity index (χ2v) is 4.78. The highest BCUT2D eigenvalue weighted by Crippen LogP contribution is 2.22. The van der Waals surface area contributed by atoms with Gasteiger partial charge < -0.3 is 9.67 Å². The molecule has 1 aromatic heterocycles. The highest BCUT2D eigenvalue weighted by atomic mass is 16.3. The first-order valence-corrected chi connectivity index (χ1v) is 6.02. The van der Waals surface area contributed by atoms with Crippen LogP contribution >= 0.6 is 0 Å². The Balaban J connectivity index is 2.67. The van der Waals surface area contributed by atoms with E-state index in [-0.39, 0.29) is 18.2 Å². The Morgan fingerprint density at radius 1 is 1.38 bits per heavy atom. The van der Waals surface area contributed by atoms with Crippen LogP contribution in [0.5, 0.6) is 0 Å². The molecule has 2 rings (SSSR count). The third-order valence-electron chi connectivity index (χ3n) is 3.30. The van der Waals surface area contributed by atoms with E-state index < -0.39 is 0 Å². The first kappa shape index (κ1) is 11.4. The van der Waals surface area contributed by atoms with Gasteiger partial charge in [0.2, 0.25) is 0 Å². The fourth-order valence-corrected chi connectivity index (χ4v) is 2.55. The average molecular weight is 221 g/mol. The number of rotatable bonds is 2. The zero-order valence-corrected chi connectivity index (χ0v) is 9.99. The first-order chi connectivity index (χ1) is 7.65. The van der Waals surface area contributed by atoms with Crippen LogP contribution in [0.1, 0.15) is 49.6 Å². The molecule has 0 atom stereocenters. The highest BCUT2D eigenvalue weighted by molar-refractivity contribution is 5.29. The van der Waals surface area contributed by atoms with Crippen LogP contribution in [-0.2, 0) is 19.4 Å². The topological polar surface area (TPSA) is 42.2 Å². The number of pyridine rings is 1. The summed E-state index contributed by atoms with van der Waals surface area (Å²) >= 11 is 0. The Bertz CT molecular complexity index is 446. The summed E-state index contributed by atoms with van der Waals surface area (Å²) in [6.45, 7) is 3.90. The van der Waals surface area contributed by atoms with E-state index in [0.29, 0.717) is 5.56 Å². The van der Waals surface area contributed by atoms with Crippen LogP contribution in [0.3, 0.4) is 0 Å². The molecule has 16 heavy (non-hydrogen) atoms. The van der Waals surface area contributed by atoms with Gasteiger partial charge in [-0.05, 0) is 51.2 Å². The fraction of sp³-hybridized carbons (Fsp3) is 0.615. The number of aryl methyl sites for hydroxylation is 1. The van der Waals surface area contributed by atoms with Gasteiger partial charge in [0.05, 0.1) is 6.61 Å². The van der Waals surface area contributed by atoms with E-state index in [9.17, 15) is 9.90 Å². The van der Waals surface area contributed by atoms with E-state index in [0.717, 1.165) is 19.3 Å². The van der Waals surface area contributed by atoms with E-state index in [4.69, 9.17) is 0 Å². The van der Waals surface area contributed by atoms with Crippen LogP contribution in [0.25, 0.3) is 0 Å². The quantitative estimate of drug-likeness (QED) is 0.827. The van der Waals surface area contributed by atoms with Gasteiger partial charge in [-0.3, -0.25) is 4.79 Å². The summed E-state index contributed by atoms with van der Waals surface area (Å²) in [5.74, 6) is 0. The summed E-state index contributed by atoms with van der Waals surface area (Å²) in [6, 6.07) is 2.07. The molecule has 0 fully saturated rings. The van der Waals surface area contributed by atoms with Crippen LogP contribution in [0, 0.1) is 0 Å². The highest BCUT2D eigenvalue weighted by Gasteiger charge is 2.18. The van der Waals surface area contributed by atoms with E-state index in [1.807, 2.05) is 24.5 Å². The van der Waals surface area contributed by atoms with E-state index in [2.05, 4.69) is 0 Å². The molecule has 1 aliphatic rings. The molecule has 0 aliphatic heterocycles. The lowest BCUT2D eigenvalue weighted by Crippen LogP contribution is -2.30. The van der Waals surface area contributed by atoms with E-state index in [1.165, 1.54) is 17.7 Å². The molecule has 0 bridgehead atoms. The molecule has 1 aromatic rings. The van der Waals surface area contributed by atoms with Crippen LogP contribution in [0.4, 0.5) is 0 Å². The number of fused-ring (bicyclic) bond motifs is 1. The summed E-state index contributed by atoms with van der Waals surface area (Å²) in [7, 11) is 0. The van der Waals surface area contributed by atoms with Crippen molar-refractivity contribution < 1.29 is 5.11 Å². The molecular weight excluding hydrogens is 202 g/mol. The van der Waals surface area contributed by atoms with Crippen LogP contribution in [-0.4, -0.2) is 9.67 Å². The van der Waals surface area contributed by atoms with Crippen molar-refractivity contribution in [3.05, 3.63) is 33.2 Å². The van der Waals surface area contributed by atoms with Crippen molar-refractivity contribution in [1.82, 2.24) is 4.57 Å². The molecule has 3 heteroatoms. The molecule has 0 aromatic carbocycles. The minimum absolute atomic E-state index is 0.0156. The Kier molecular flexibility index (Phi) is 3.15. The second-order valence-electron chi connectivity index (χ2n) is 4.78. The second kappa shape index (κ2) is 4.42. The van der Waals surface area contributed by atoms with E-state index in [1.54, 1.807) is 0 Å². The number of hydrogen-bond acceptors (Lipinski definition) is 2. The van der Waals surface area contributed by atoms with Gasteiger partial charge in [0.1, 0.15) is 0 Å². The van der Waals surface area contributed by atoms with Crippen molar-refractivity contribution in [3.8, 4) is 0 Å². The third-order valence-corrected chi connectivity index (χ3v) is 3.30. The molecule has 0 unspecified atom stereocenters. The minimum atomic E-state index is -0.154. The van der Waals surface area contributed by atoms with Crippen molar-refractivity contribution in [2.75, 3.05) is 0 Å². The normalized spacial score (nSPS) is 15.2. The van der Waals surface area contributed by atoms with Crippen LogP contribution in [0.15, 0.2) is 10.9 Å². The summed E-state index contributed by atoms with van der Waals surface area (Å²) in [6.07, 6.45) is 4.38. The van der Waals surface area contributed by atoms with Gasteiger partial charge in [0, 0.05) is 17.3 Å². The number of nitrogens with zero attached hydrogens (tertiary/aromatic N) is 1. The SMILES string of the molecule is CC(C)n1c2c(cc(CO)c1=O)CCCC2. The molecule has 0 saturated heterocycles. The zero-order chi connectivity index (χ0) is 11.7. The summed E-state index contributed by atoms with van der Waals surface area (Å²) in [4.78, 5) is 12.1. The molecule has 0 spiro atoms. The van der Waals surface area contributed by atoms with Crippen molar-refractivity contribution in [2.45, 2.75) is 52.2 Å². The Hall–Kier alpha value is -1.09. The molecule has 3 nitrogen and oxygen atoms in total. The van der Waals surface area contributed by atoms with Crippen LogP contribution in [0.2, 0.25) is 0 Å². The maximum absolute atomic E-state index is 12.1. The standard InChI is InChI=1S/C13H19NO2/c1-9(2)14-12-6-4-3-5-10(12)7-11(8-15)13(14)16/h7,9,15H,3-6,8H2,1-2H3. The van der Waals surface area contributed by atoms with Gasteiger partial charge >= 0.3 is 0 Å². The van der Waals surface area contributed by atoms with Crippen LogP contribution < -0.4 is 5.56 Å². The fourth-order valence-electron chi connectivity index (χ4n) is 2.55. The molecule has 0 amide bonds. The van der Waals surface area contributed by atoms with E-state index >= 15 is 0 Å². The van der Waals surface area contributed by atoms with Gasteiger partial charge in [-0.2, -0.15) is 0 Å². The monoisotopic (exact) mass is 221 g/mol. The van der Waals surface area contributed by atoms with Gasteiger partial charge in [-0.15, -0.1) is 0 Å². The van der Waals surface area contributed by atoms with Crippen molar-refractivity contribution in [1.29, 1.82) is 0 Å². The number of aliphatic hydroxyl groups excluding tert-OH is 1. The molecule has 1 aliphatic carbocycles. The first-order valence-electron chi connectivity index (χ1n) is 6.02. The maximum Gasteiger partial charge on any atom is 0.256 e. The Morgan fingerprint density at radius 2 is 2.06 bits per heavy atom. The predicted octanol–water partition coefficient (Wildman–Crippen LogP) is 1.80. The zero-order valence-electron chi connectivity index (χ0n) is 9.99. The minimum Gasteiger partial charge on any atom is -0.391 e. The molecule has 88 valence electrons. The molecule has 1 heterocycles. The number of aromatic nitrogens is 1. The van der Waals surface area contributed by atoms with Gasteiger partial charge in [0.25, 0.3) is 5.56 Å². The average Bonchev–Trinajstić information content (AvgIpc) is 2.27. The smallest absolute Gasteiger partial charge is 0.256 e. The lowest BCUT2D eigenvalue weighted by molar-refractivity contribution is 0.278.